The first-order valence-corrected chi connectivity index (χ1v) is 41.1. The lowest BCUT2D eigenvalue weighted by Crippen LogP contribution is -2.37. The number of esters is 2. The molecule has 0 aromatic rings. The van der Waals surface area contributed by atoms with Gasteiger partial charge < -0.3 is 18.9 Å². The van der Waals surface area contributed by atoms with Crippen molar-refractivity contribution in [3.05, 3.63) is 146 Å². The summed E-state index contributed by atoms with van der Waals surface area (Å²) in [6.07, 6.45) is 111. The van der Waals surface area contributed by atoms with Crippen molar-refractivity contribution in [2.75, 3.05) is 47.5 Å². The van der Waals surface area contributed by atoms with Crippen LogP contribution >= 0.6 is 7.82 Å². The smallest absolute Gasteiger partial charge is 0.462 e. The number of unbranched alkanes of at least 4 members (excludes halogenated alkanes) is 34. The fourth-order valence-corrected chi connectivity index (χ4v) is 11.7. The minimum absolute atomic E-state index is 0.0260. The average Bonchev–Trinajstić information content (AvgIpc) is 1.97. The number of carbonyl (C=O) groups is 2. The minimum Gasteiger partial charge on any atom is -0.462 e. The zero-order chi connectivity index (χ0) is 69.7. The van der Waals surface area contributed by atoms with E-state index in [0.717, 1.165) is 122 Å². The summed E-state index contributed by atoms with van der Waals surface area (Å²) >= 11 is 0. The molecule has 0 saturated heterocycles. The summed E-state index contributed by atoms with van der Waals surface area (Å²) in [5.41, 5.74) is 0. The van der Waals surface area contributed by atoms with Gasteiger partial charge in [-0.15, -0.1) is 0 Å². The van der Waals surface area contributed by atoms with Crippen molar-refractivity contribution in [2.24, 2.45) is 0 Å². The van der Waals surface area contributed by atoms with E-state index < -0.39 is 26.5 Å². The second-order valence-corrected chi connectivity index (χ2v) is 28.8. The highest BCUT2D eigenvalue weighted by Crippen LogP contribution is 2.43. The third-order valence-corrected chi connectivity index (χ3v) is 17.8. The van der Waals surface area contributed by atoms with E-state index in [1.807, 2.05) is 21.1 Å². The van der Waals surface area contributed by atoms with Crippen LogP contribution in [0.25, 0.3) is 0 Å². The molecule has 96 heavy (non-hydrogen) atoms. The molecule has 9 nitrogen and oxygen atoms in total. The van der Waals surface area contributed by atoms with E-state index in [-0.39, 0.29) is 32.0 Å². The fraction of sp³-hybridized carbons (Fsp3) is 0.698. The molecule has 0 aliphatic carbocycles. The Balaban J connectivity index is 3.97. The zero-order valence-electron chi connectivity index (χ0n) is 62.8. The Hall–Kier alpha value is -4.11. The molecule has 0 bridgehead atoms. The first kappa shape index (κ1) is 91.9. The van der Waals surface area contributed by atoms with Crippen molar-refractivity contribution in [1.82, 2.24) is 0 Å². The molecule has 2 atom stereocenters. The van der Waals surface area contributed by atoms with Crippen LogP contribution in [-0.4, -0.2) is 74.9 Å². The quantitative estimate of drug-likeness (QED) is 0.0211. The Kier molecular flexibility index (Phi) is 71.9. The Morgan fingerprint density at radius 1 is 0.323 bits per heavy atom. The highest BCUT2D eigenvalue weighted by molar-refractivity contribution is 7.47. The molecule has 0 radical (unpaired) electrons. The molecule has 10 heteroatoms. The molecule has 0 rings (SSSR count). The SMILES string of the molecule is CC/C=C\C/C=C\C/C=C\C/C=C\C/C=C\C/C=C\C/C=C\CCCCCCCCCCCC(=O)OC(COC(=O)CCCCCCCCCCCCCCCCCCCCCCCCCCC/C=C\C/C=C\C/C=C\C/C=C\C/C=C\CC)COP(=O)(O)OCC[N+](C)(C)C. The van der Waals surface area contributed by atoms with E-state index in [1.165, 1.54) is 180 Å². The number of rotatable bonds is 72. The molecule has 0 heterocycles. The van der Waals surface area contributed by atoms with Gasteiger partial charge in [-0.2, -0.15) is 0 Å². The standard InChI is InChI=1S/C86H148NO8P/c1-6-8-10-12-14-16-18-20-22-24-26-28-30-32-34-36-38-39-40-41-42-43-44-45-46-47-49-50-52-54-56-58-60-62-64-66-68-70-72-74-76-78-85(88)92-82-84(83-94-96(90,91)93-81-80-87(3,4)5)95-86(89)79-77-75-73-71-69-67-65-63-61-59-57-55-53-51-48-37-35-33-31-29-27-25-23-21-19-17-15-13-11-9-7-2/h8-11,14-17,20-23,26-29,32-35,48,51,55,57,84H,6-7,12-13,18-19,24-25,30-31,36-47,49-50,52-54,56,58-83H2,1-5H3/p+1/b10-8-,11-9-,16-14-,17-15-,22-20-,23-21-,28-26-,29-27-,34-32-,35-33-,51-48-,57-55-. The summed E-state index contributed by atoms with van der Waals surface area (Å²) in [5, 5.41) is 0. The number of hydrogen-bond donors (Lipinski definition) is 1. The molecule has 0 aromatic carbocycles. The Bertz CT molecular complexity index is 2140. The summed E-state index contributed by atoms with van der Waals surface area (Å²) in [5.74, 6) is -0.798. The van der Waals surface area contributed by atoms with Crippen LogP contribution in [0.5, 0.6) is 0 Å². The van der Waals surface area contributed by atoms with Crippen LogP contribution in [0.1, 0.15) is 335 Å². The normalized spacial score (nSPS) is 13.9. The summed E-state index contributed by atoms with van der Waals surface area (Å²) < 4.78 is 34.8. The molecular weight excluding hydrogens is 1210 g/mol. The first-order valence-electron chi connectivity index (χ1n) is 39.6. The van der Waals surface area contributed by atoms with E-state index in [9.17, 15) is 19.0 Å². The summed E-state index contributed by atoms with van der Waals surface area (Å²) in [4.78, 5) is 36.0. The monoisotopic (exact) mass is 1360 g/mol. The maximum absolute atomic E-state index is 12.9. The van der Waals surface area contributed by atoms with Gasteiger partial charge in [0, 0.05) is 12.8 Å². The van der Waals surface area contributed by atoms with Crippen molar-refractivity contribution in [2.45, 2.75) is 341 Å². The molecule has 0 amide bonds. The van der Waals surface area contributed by atoms with Crippen LogP contribution in [-0.2, 0) is 32.7 Å². The van der Waals surface area contributed by atoms with Crippen molar-refractivity contribution >= 4 is 19.8 Å². The predicted octanol–water partition coefficient (Wildman–Crippen LogP) is 26.5. The Morgan fingerprint density at radius 3 is 0.833 bits per heavy atom. The maximum atomic E-state index is 12.9. The summed E-state index contributed by atoms with van der Waals surface area (Å²) in [6, 6.07) is 0. The molecular formula is C86H149NO8P+. The molecule has 0 saturated carbocycles. The second kappa shape index (κ2) is 75.1. The number of phosphoric ester groups is 1. The van der Waals surface area contributed by atoms with Crippen LogP contribution < -0.4 is 0 Å². The second-order valence-electron chi connectivity index (χ2n) is 27.3. The predicted molar refractivity (Wildman–Crippen MR) is 417 cm³/mol. The van der Waals surface area contributed by atoms with Crippen molar-refractivity contribution in [3.63, 3.8) is 0 Å². The molecule has 0 spiro atoms. The van der Waals surface area contributed by atoms with Crippen LogP contribution in [0.15, 0.2) is 146 Å². The number of nitrogens with zero attached hydrogens (tertiary/aromatic N) is 1. The van der Waals surface area contributed by atoms with Gasteiger partial charge in [0.1, 0.15) is 19.8 Å². The van der Waals surface area contributed by atoms with Gasteiger partial charge in [0.05, 0.1) is 27.7 Å². The van der Waals surface area contributed by atoms with Crippen molar-refractivity contribution in [3.8, 4) is 0 Å². The molecule has 1 N–H and O–H groups in total. The third kappa shape index (κ3) is 78.9. The average molecular weight is 1360 g/mol. The number of hydrogen-bond acceptors (Lipinski definition) is 7. The molecule has 0 aliphatic heterocycles. The minimum atomic E-state index is -4.40. The molecule has 0 aromatic heterocycles. The number of phosphoric acid groups is 1. The highest BCUT2D eigenvalue weighted by Gasteiger charge is 2.27. The lowest BCUT2D eigenvalue weighted by Gasteiger charge is -2.24. The topological polar surface area (TPSA) is 108 Å². The Morgan fingerprint density at radius 2 is 0.562 bits per heavy atom. The van der Waals surface area contributed by atoms with Gasteiger partial charge in [-0.1, -0.05) is 352 Å². The van der Waals surface area contributed by atoms with E-state index >= 15 is 0 Å². The van der Waals surface area contributed by atoms with E-state index in [2.05, 4.69) is 160 Å². The van der Waals surface area contributed by atoms with Gasteiger partial charge in [-0.3, -0.25) is 18.6 Å². The fourth-order valence-electron chi connectivity index (χ4n) is 10.9. The van der Waals surface area contributed by atoms with Gasteiger partial charge >= 0.3 is 19.8 Å². The molecule has 0 fully saturated rings. The third-order valence-electron chi connectivity index (χ3n) is 16.9. The van der Waals surface area contributed by atoms with E-state index in [0.29, 0.717) is 17.4 Å². The van der Waals surface area contributed by atoms with Gasteiger partial charge in [0.15, 0.2) is 6.10 Å². The van der Waals surface area contributed by atoms with E-state index in [4.69, 9.17) is 18.5 Å². The molecule has 0 aliphatic rings. The zero-order valence-corrected chi connectivity index (χ0v) is 63.7. The van der Waals surface area contributed by atoms with E-state index in [1.54, 1.807) is 0 Å². The lowest BCUT2D eigenvalue weighted by atomic mass is 10.0. The van der Waals surface area contributed by atoms with Crippen LogP contribution in [0, 0.1) is 0 Å². The van der Waals surface area contributed by atoms with Gasteiger partial charge in [0.25, 0.3) is 0 Å². The van der Waals surface area contributed by atoms with Gasteiger partial charge in [-0.05, 0) is 116 Å². The summed E-state index contributed by atoms with van der Waals surface area (Å²) in [6.45, 7) is 4.22. The van der Waals surface area contributed by atoms with Crippen LogP contribution in [0.4, 0.5) is 0 Å². The Labute approximate surface area is 593 Å². The molecule has 550 valence electrons. The largest absolute Gasteiger partial charge is 0.472 e. The summed E-state index contributed by atoms with van der Waals surface area (Å²) in [7, 11) is 1.47. The van der Waals surface area contributed by atoms with Gasteiger partial charge in [0.2, 0.25) is 0 Å². The van der Waals surface area contributed by atoms with Gasteiger partial charge in [-0.25, -0.2) is 4.57 Å². The lowest BCUT2D eigenvalue weighted by molar-refractivity contribution is -0.870. The van der Waals surface area contributed by atoms with Crippen molar-refractivity contribution in [1.29, 1.82) is 0 Å². The number of allylic oxidation sites excluding steroid dienone is 24. The van der Waals surface area contributed by atoms with Crippen LogP contribution in [0.2, 0.25) is 0 Å². The van der Waals surface area contributed by atoms with Crippen LogP contribution in [0.3, 0.4) is 0 Å². The number of quaternary nitrogens is 1. The maximum Gasteiger partial charge on any atom is 0.472 e. The van der Waals surface area contributed by atoms with Crippen molar-refractivity contribution < 1.29 is 42.1 Å². The number of likely N-dealkylation sites (N-methyl/N-ethyl adjacent to an activating group) is 1. The number of ether oxygens (including phenoxy) is 2. The first-order chi connectivity index (χ1) is 47.0. The number of carbonyl (C=O) groups excluding carboxylic acids is 2. The molecule has 2 unspecified atom stereocenters. The highest BCUT2D eigenvalue weighted by atomic mass is 31.2.